The Morgan fingerprint density at radius 1 is 1.17 bits per heavy atom. The van der Waals surface area contributed by atoms with E-state index in [9.17, 15) is 4.79 Å². The lowest BCUT2D eigenvalue weighted by Gasteiger charge is -2.34. The molecule has 2 aromatic rings. The fourth-order valence-corrected chi connectivity index (χ4v) is 4.37. The first-order valence-electron chi connectivity index (χ1n) is 10.9. The molecule has 1 aromatic heterocycles. The third-order valence-corrected chi connectivity index (χ3v) is 6.69. The number of benzene rings is 1. The minimum absolute atomic E-state index is 0.0510. The van der Waals surface area contributed by atoms with Crippen molar-refractivity contribution in [2.24, 2.45) is 0 Å². The highest BCUT2D eigenvalue weighted by atomic mass is 32.1. The van der Waals surface area contributed by atoms with Crippen LogP contribution in [0.2, 0.25) is 0 Å². The van der Waals surface area contributed by atoms with Gasteiger partial charge in [0.15, 0.2) is 4.77 Å². The number of hydrogen-bond donors (Lipinski definition) is 1. The van der Waals surface area contributed by atoms with Crippen molar-refractivity contribution in [3.63, 3.8) is 0 Å². The summed E-state index contributed by atoms with van der Waals surface area (Å²) in [5.41, 5.74) is 3.23. The number of piperazine rings is 1. The second kappa shape index (κ2) is 8.99. The molecule has 4 rings (SSSR count). The molecule has 30 heavy (non-hydrogen) atoms. The summed E-state index contributed by atoms with van der Waals surface area (Å²) in [6.45, 7) is 11.9. The summed E-state index contributed by atoms with van der Waals surface area (Å²) in [5.74, 6) is 1.81. The summed E-state index contributed by atoms with van der Waals surface area (Å²) in [6, 6.07) is 6.01. The number of hydrogen-bond acceptors (Lipinski definition) is 5. The molecule has 1 saturated heterocycles. The van der Waals surface area contributed by atoms with Gasteiger partial charge < -0.3 is 9.88 Å². The lowest BCUT2D eigenvalue weighted by Crippen LogP contribution is -2.49. The smallest absolute Gasteiger partial charge is 0.238 e. The molecule has 1 amide bonds. The largest absolute Gasteiger partial charge is 0.325 e. The van der Waals surface area contributed by atoms with Crippen molar-refractivity contribution in [2.75, 3.05) is 38.0 Å². The lowest BCUT2D eigenvalue weighted by atomic mass is 10.1. The number of nitrogens with zero attached hydrogens (tertiary/aromatic N) is 5. The van der Waals surface area contributed by atoms with Gasteiger partial charge >= 0.3 is 0 Å². The minimum atomic E-state index is 0.0510. The first-order valence-corrected chi connectivity index (χ1v) is 11.4. The highest BCUT2D eigenvalue weighted by molar-refractivity contribution is 7.71. The van der Waals surface area contributed by atoms with Gasteiger partial charge in [-0.3, -0.25) is 14.6 Å². The van der Waals surface area contributed by atoms with Crippen LogP contribution in [0.5, 0.6) is 0 Å². The summed E-state index contributed by atoms with van der Waals surface area (Å²) in [5, 5.41) is 7.89. The van der Waals surface area contributed by atoms with Crippen molar-refractivity contribution in [3.05, 3.63) is 39.9 Å². The molecular weight excluding hydrogens is 396 g/mol. The van der Waals surface area contributed by atoms with Crippen LogP contribution in [-0.2, 0) is 18.0 Å². The monoisotopic (exact) mass is 428 g/mol. The van der Waals surface area contributed by atoms with Gasteiger partial charge in [0.25, 0.3) is 0 Å². The van der Waals surface area contributed by atoms with Crippen LogP contribution in [0.1, 0.15) is 42.6 Å². The maximum atomic E-state index is 12.5. The van der Waals surface area contributed by atoms with E-state index < -0.39 is 0 Å². The average molecular weight is 429 g/mol. The van der Waals surface area contributed by atoms with Crippen LogP contribution in [0.4, 0.5) is 5.69 Å². The zero-order valence-electron chi connectivity index (χ0n) is 18.2. The number of nitrogens with one attached hydrogen (secondary N) is 1. The number of rotatable bonds is 7. The third-order valence-electron chi connectivity index (χ3n) is 6.25. The van der Waals surface area contributed by atoms with E-state index in [0.29, 0.717) is 12.5 Å². The van der Waals surface area contributed by atoms with E-state index in [1.54, 1.807) is 0 Å². The molecule has 1 N–H and O–H groups in total. The Hall–Kier alpha value is -2.03. The number of carbonyl (C=O) groups is 1. The first-order chi connectivity index (χ1) is 14.5. The van der Waals surface area contributed by atoms with Gasteiger partial charge in [-0.2, -0.15) is 5.10 Å². The van der Waals surface area contributed by atoms with E-state index in [4.69, 9.17) is 17.3 Å². The van der Waals surface area contributed by atoms with Gasteiger partial charge in [-0.15, -0.1) is 0 Å². The molecule has 7 nitrogen and oxygen atoms in total. The Bertz CT molecular complexity index is 968. The quantitative estimate of drug-likeness (QED) is 0.687. The van der Waals surface area contributed by atoms with Crippen LogP contribution in [0.3, 0.4) is 0 Å². The fraction of sp³-hybridized carbons (Fsp3) is 0.591. The van der Waals surface area contributed by atoms with E-state index in [1.165, 1.54) is 18.4 Å². The summed E-state index contributed by atoms with van der Waals surface area (Å²) >= 11 is 5.66. The second-order valence-corrected chi connectivity index (χ2v) is 8.86. The lowest BCUT2D eigenvalue weighted by molar-refractivity contribution is -0.117. The van der Waals surface area contributed by atoms with Crippen molar-refractivity contribution < 1.29 is 4.79 Å². The molecule has 1 aliphatic carbocycles. The van der Waals surface area contributed by atoms with Gasteiger partial charge in [0, 0.05) is 44.3 Å². The van der Waals surface area contributed by atoms with Gasteiger partial charge in [-0.25, -0.2) is 4.68 Å². The van der Waals surface area contributed by atoms with Gasteiger partial charge in [-0.1, -0.05) is 12.1 Å². The number of amides is 1. The topological polar surface area (TPSA) is 58.3 Å². The first kappa shape index (κ1) is 21.2. The molecule has 0 radical (unpaired) electrons. The second-order valence-electron chi connectivity index (χ2n) is 8.49. The van der Waals surface area contributed by atoms with Crippen molar-refractivity contribution >= 4 is 23.8 Å². The van der Waals surface area contributed by atoms with Gasteiger partial charge in [0.05, 0.1) is 13.2 Å². The van der Waals surface area contributed by atoms with Crippen LogP contribution in [0, 0.1) is 18.6 Å². The van der Waals surface area contributed by atoms with Crippen LogP contribution >= 0.6 is 12.2 Å². The number of aromatic nitrogens is 3. The number of anilines is 1. The Labute approximate surface area is 183 Å². The number of aryl methyl sites for hydroxylation is 1. The Morgan fingerprint density at radius 2 is 1.87 bits per heavy atom. The van der Waals surface area contributed by atoms with E-state index in [0.717, 1.165) is 61.2 Å². The van der Waals surface area contributed by atoms with Crippen molar-refractivity contribution in [2.45, 2.75) is 52.7 Å². The normalized spacial score (nSPS) is 18.0. The molecule has 0 spiro atoms. The van der Waals surface area contributed by atoms with Gasteiger partial charge in [0.2, 0.25) is 5.91 Å². The zero-order chi connectivity index (χ0) is 21.3. The Kier molecular flexibility index (Phi) is 6.36. The molecule has 2 heterocycles. The standard InChI is InChI=1S/C22H32N6OS/c1-4-27-21(18-8-9-18)24-28(22(27)30)15-26-12-10-25(11-13-26)14-20(29)23-19-7-5-6-16(2)17(19)3/h5-7,18H,4,8-15H2,1-3H3,(H,23,29). The third kappa shape index (κ3) is 4.66. The van der Waals surface area contributed by atoms with Gasteiger partial charge in [-0.05, 0) is 63.0 Å². The van der Waals surface area contributed by atoms with Crippen molar-refractivity contribution in [3.8, 4) is 0 Å². The maximum Gasteiger partial charge on any atom is 0.238 e. The predicted molar refractivity (Wildman–Crippen MR) is 121 cm³/mol. The van der Waals surface area contributed by atoms with E-state index in [1.807, 2.05) is 23.7 Å². The van der Waals surface area contributed by atoms with Crippen LogP contribution in [0.15, 0.2) is 18.2 Å². The molecule has 2 fully saturated rings. The molecule has 0 bridgehead atoms. The summed E-state index contributed by atoms with van der Waals surface area (Å²) in [4.78, 5) is 17.1. The fourth-order valence-electron chi connectivity index (χ4n) is 4.05. The van der Waals surface area contributed by atoms with Crippen LogP contribution in [-0.4, -0.2) is 62.8 Å². The van der Waals surface area contributed by atoms with Crippen LogP contribution < -0.4 is 5.32 Å². The summed E-state index contributed by atoms with van der Waals surface area (Å²) in [7, 11) is 0. The molecule has 0 atom stereocenters. The van der Waals surface area contributed by atoms with Crippen molar-refractivity contribution in [1.29, 1.82) is 0 Å². The highest BCUT2D eigenvalue weighted by Crippen LogP contribution is 2.39. The molecule has 1 aliphatic heterocycles. The molecule has 1 saturated carbocycles. The summed E-state index contributed by atoms with van der Waals surface area (Å²) in [6.07, 6.45) is 2.46. The molecule has 8 heteroatoms. The number of carbonyl (C=O) groups excluding carboxylic acids is 1. The molecule has 2 aliphatic rings. The molecule has 162 valence electrons. The summed E-state index contributed by atoms with van der Waals surface area (Å²) < 4.78 is 4.99. The zero-order valence-corrected chi connectivity index (χ0v) is 19.0. The molecule has 0 unspecified atom stereocenters. The van der Waals surface area contributed by atoms with E-state index >= 15 is 0 Å². The Morgan fingerprint density at radius 3 is 2.53 bits per heavy atom. The SMILES string of the molecule is CCn1c(C2CC2)nn(CN2CCN(CC(=O)Nc3cccc(C)c3C)CC2)c1=S. The predicted octanol–water partition coefficient (Wildman–Crippen LogP) is 3.14. The maximum absolute atomic E-state index is 12.5. The molecule has 1 aromatic carbocycles. The van der Waals surface area contributed by atoms with Crippen molar-refractivity contribution in [1.82, 2.24) is 24.1 Å². The average Bonchev–Trinajstić information content (AvgIpc) is 3.52. The minimum Gasteiger partial charge on any atom is -0.325 e. The highest BCUT2D eigenvalue weighted by Gasteiger charge is 2.30. The molecular formula is C22H32N6OS. The Balaban J connectivity index is 1.29. The van der Waals surface area contributed by atoms with Crippen LogP contribution in [0.25, 0.3) is 0 Å². The van der Waals surface area contributed by atoms with E-state index in [2.05, 4.69) is 39.6 Å². The van der Waals surface area contributed by atoms with Gasteiger partial charge in [0.1, 0.15) is 5.82 Å². The van der Waals surface area contributed by atoms with E-state index in [-0.39, 0.29) is 5.91 Å².